The van der Waals surface area contributed by atoms with E-state index in [0.29, 0.717) is 13.0 Å². The van der Waals surface area contributed by atoms with Crippen molar-refractivity contribution >= 4 is 5.97 Å². The second-order valence-corrected chi connectivity index (χ2v) is 4.53. The van der Waals surface area contributed by atoms with E-state index in [9.17, 15) is 9.90 Å². The Kier molecular flexibility index (Phi) is 3.01. The van der Waals surface area contributed by atoms with Gasteiger partial charge < -0.3 is 9.52 Å². The molecule has 1 aliphatic heterocycles. The van der Waals surface area contributed by atoms with E-state index in [0.717, 1.165) is 25.1 Å². The van der Waals surface area contributed by atoms with Crippen LogP contribution in [0.15, 0.2) is 23.0 Å². The van der Waals surface area contributed by atoms with E-state index < -0.39 is 11.4 Å². The van der Waals surface area contributed by atoms with Crippen LogP contribution in [-0.2, 0) is 11.3 Å². The average Bonchev–Trinajstić information content (AvgIpc) is 2.88. The standard InChI is InChI=1S/C12H17NO3/c1-2-12(11(14)15)4-5-13(9-12)7-10-3-6-16-8-10/h3,6,8H,2,4-5,7,9H2,1H3,(H,14,15). The Morgan fingerprint density at radius 2 is 2.50 bits per heavy atom. The van der Waals surface area contributed by atoms with Gasteiger partial charge in [-0.15, -0.1) is 0 Å². The number of furan rings is 1. The van der Waals surface area contributed by atoms with Crippen molar-refractivity contribution in [2.24, 2.45) is 5.41 Å². The van der Waals surface area contributed by atoms with E-state index >= 15 is 0 Å². The lowest BCUT2D eigenvalue weighted by Crippen LogP contribution is -2.33. The predicted molar refractivity (Wildman–Crippen MR) is 59.0 cm³/mol. The molecule has 0 bridgehead atoms. The van der Waals surface area contributed by atoms with Gasteiger partial charge in [0, 0.05) is 18.7 Å². The summed E-state index contributed by atoms with van der Waals surface area (Å²) < 4.78 is 5.01. The number of aliphatic carboxylic acids is 1. The van der Waals surface area contributed by atoms with Crippen molar-refractivity contribution in [2.45, 2.75) is 26.3 Å². The Morgan fingerprint density at radius 1 is 1.69 bits per heavy atom. The van der Waals surface area contributed by atoms with Gasteiger partial charge in [0.15, 0.2) is 0 Å². The van der Waals surface area contributed by atoms with Crippen LogP contribution in [0.4, 0.5) is 0 Å². The van der Waals surface area contributed by atoms with Gasteiger partial charge in [0.25, 0.3) is 0 Å². The lowest BCUT2D eigenvalue weighted by Gasteiger charge is -2.22. The van der Waals surface area contributed by atoms with Crippen molar-refractivity contribution in [3.8, 4) is 0 Å². The minimum absolute atomic E-state index is 0.538. The van der Waals surface area contributed by atoms with E-state index in [1.807, 2.05) is 13.0 Å². The Balaban J connectivity index is 1.99. The van der Waals surface area contributed by atoms with Gasteiger partial charge >= 0.3 is 5.97 Å². The summed E-state index contributed by atoms with van der Waals surface area (Å²) in [7, 11) is 0. The largest absolute Gasteiger partial charge is 0.481 e. The second-order valence-electron chi connectivity index (χ2n) is 4.53. The summed E-state index contributed by atoms with van der Waals surface area (Å²) in [6.45, 7) is 4.23. The highest BCUT2D eigenvalue weighted by molar-refractivity contribution is 5.75. The van der Waals surface area contributed by atoms with Crippen molar-refractivity contribution in [3.05, 3.63) is 24.2 Å². The van der Waals surface area contributed by atoms with E-state index in [2.05, 4.69) is 4.90 Å². The van der Waals surface area contributed by atoms with Crippen molar-refractivity contribution in [1.82, 2.24) is 4.90 Å². The molecule has 0 radical (unpaired) electrons. The minimum atomic E-state index is -0.662. The summed E-state index contributed by atoms with van der Waals surface area (Å²) >= 11 is 0. The second kappa shape index (κ2) is 4.29. The van der Waals surface area contributed by atoms with E-state index in [-0.39, 0.29) is 0 Å². The van der Waals surface area contributed by atoms with Crippen LogP contribution in [0.1, 0.15) is 25.3 Å². The Hall–Kier alpha value is -1.29. The SMILES string of the molecule is CCC1(C(=O)O)CCN(Cc2ccoc2)C1. The van der Waals surface area contributed by atoms with Gasteiger partial charge in [-0.2, -0.15) is 0 Å². The first kappa shape index (κ1) is 11.2. The maximum atomic E-state index is 11.3. The van der Waals surface area contributed by atoms with Crippen molar-refractivity contribution in [2.75, 3.05) is 13.1 Å². The molecule has 1 aromatic heterocycles. The van der Waals surface area contributed by atoms with Crippen molar-refractivity contribution < 1.29 is 14.3 Å². The molecular formula is C12H17NO3. The summed E-state index contributed by atoms with van der Waals surface area (Å²) in [6.07, 6.45) is 4.81. The van der Waals surface area contributed by atoms with Crippen molar-refractivity contribution in [1.29, 1.82) is 0 Å². The third-order valence-electron chi connectivity index (χ3n) is 3.55. The maximum Gasteiger partial charge on any atom is 0.310 e. The molecule has 16 heavy (non-hydrogen) atoms. The van der Waals surface area contributed by atoms with Crippen molar-refractivity contribution in [3.63, 3.8) is 0 Å². The number of carboxylic acids is 1. The molecule has 0 spiro atoms. The van der Waals surface area contributed by atoms with E-state index in [1.165, 1.54) is 0 Å². The van der Waals surface area contributed by atoms with Gasteiger partial charge in [-0.05, 0) is 25.5 Å². The topological polar surface area (TPSA) is 53.7 Å². The molecule has 88 valence electrons. The maximum absolute atomic E-state index is 11.3. The highest BCUT2D eigenvalue weighted by atomic mass is 16.4. The first-order valence-electron chi connectivity index (χ1n) is 5.63. The highest BCUT2D eigenvalue weighted by Crippen LogP contribution is 2.34. The van der Waals surface area contributed by atoms with Gasteiger partial charge in [-0.25, -0.2) is 0 Å². The molecule has 2 rings (SSSR count). The molecule has 1 atom stereocenters. The number of likely N-dealkylation sites (tertiary alicyclic amines) is 1. The molecular weight excluding hydrogens is 206 g/mol. The zero-order valence-electron chi connectivity index (χ0n) is 9.48. The van der Waals surface area contributed by atoms with Crippen LogP contribution in [0.3, 0.4) is 0 Å². The van der Waals surface area contributed by atoms with Gasteiger partial charge in [-0.1, -0.05) is 6.92 Å². The van der Waals surface area contributed by atoms with Crippen LogP contribution in [0, 0.1) is 5.41 Å². The van der Waals surface area contributed by atoms with Crippen LogP contribution < -0.4 is 0 Å². The van der Waals surface area contributed by atoms with Crippen LogP contribution in [0.5, 0.6) is 0 Å². The minimum Gasteiger partial charge on any atom is -0.481 e. The number of hydrogen-bond acceptors (Lipinski definition) is 3. The molecule has 0 aliphatic carbocycles. The summed E-state index contributed by atoms with van der Waals surface area (Å²) in [6, 6.07) is 1.92. The summed E-state index contributed by atoms with van der Waals surface area (Å²) in [5, 5.41) is 9.26. The summed E-state index contributed by atoms with van der Waals surface area (Å²) in [5.41, 5.74) is 0.571. The number of carbonyl (C=O) groups is 1. The molecule has 2 heterocycles. The van der Waals surface area contributed by atoms with Gasteiger partial charge in [0.2, 0.25) is 0 Å². The molecule has 1 unspecified atom stereocenters. The lowest BCUT2D eigenvalue weighted by atomic mass is 9.84. The zero-order valence-corrected chi connectivity index (χ0v) is 9.48. The summed E-state index contributed by atoms with van der Waals surface area (Å²) in [4.78, 5) is 13.4. The zero-order chi connectivity index (χ0) is 11.6. The lowest BCUT2D eigenvalue weighted by molar-refractivity contribution is -0.148. The monoisotopic (exact) mass is 223 g/mol. The van der Waals surface area contributed by atoms with Crippen LogP contribution >= 0.6 is 0 Å². The fourth-order valence-electron chi connectivity index (χ4n) is 2.35. The number of hydrogen-bond donors (Lipinski definition) is 1. The number of carboxylic acid groups (broad SMARTS) is 1. The molecule has 0 saturated carbocycles. The predicted octanol–water partition coefficient (Wildman–Crippen LogP) is 1.97. The fraction of sp³-hybridized carbons (Fsp3) is 0.583. The highest BCUT2D eigenvalue weighted by Gasteiger charge is 2.43. The Labute approximate surface area is 94.9 Å². The van der Waals surface area contributed by atoms with Gasteiger partial charge in [-0.3, -0.25) is 9.69 Å². The average molecular weight is 223 g/mol. The van der Waals surface area contributed by atoms with Gasteiger partial charge in [0.1, 0.15) is 0 Å². The Bertz CT molecular complexity index is 360. The molecule has 0 amide bonds. The normalized spacial score (nSPS) is 26.1. The molecule has 1 saturated heterocycles. The van der Waals surface area contributed by atoms with Gasteiger partial charge in [0.05, 0.1) is 17.9 Å². The molecule has 0 aromatic carbocycles. The number of nitrogens with zero attached hydrogens (tertiary/aromatic N) is 1. The van der Waals surface area contributed by atoms with E-state index in [1.54, 1.807) is 12.5 Å². The molecule has 4 heteroatoms. The molecule has 1 fully saturated rings. The van der Waals surface area contributed by atoms with E-state index in [4.69, 9.17) is 4.42 Å². The molecule has 1 aliphatic rings. The summed E-state index contributed by atoms with van der Waals surface area (Å²) in [5.74, 6) is -0.662. The van der Waals surface area contributed by atoms with Crippen LogP contribution in [0.2, 0.25) is 0 Å². The number of rotatable bonds is 4. The quantitative estimate of drug-likeness (QED) is 0.847. The first-order chi connectivity index (χ1) is 7.66. The smallest absolute Gasteiger partial charge is 0.310 e. The van der Waals surface area contributed by atoms with Crippen LogP contribution in [0.25, 0.3) is 0 Å². The third kappa shape index (κ3) is 1.97. The molecule has 4 nitrogen and oxygen atoms in total. The molecule has 1 N–H and O–H groups in total. The fourth-order valence-corrected chi connectivity index (χ4v) is 2.35. The molecule has 1 aromatic rings. The first-order valence-corrected chi connectivity index (χ1v) is 5.63. The third-order valence-corrected chi connectivity index (χ3v) is 3.55. The Morgan fingerprint density at radius 3 is 3.00 bits per heavy atom. The van der Waals surface area contributed by atoms with Crippen LogP contribution in [-0.4, -0.2) is 29.1 Å².